The van der Waals surface area contributed by atoms with Gasteiger partial charge in [-0.1, -0.05) is 17.7 Å². The molecule has 0 amide bonds. The molecule has 3 aliphatic heterocycles. The topological polar surface area (TPSA) is 80.3 Å². The zero-order valence-electron chi connectivity index (χ0n) is 19.8. The zero-order chi connectivity index (χ0) is 23.9. The van der Waals surface area contributed by atoms with Crippen molar-refractivity contribution in [3.05, 3.63) is 29.8 Å². The lowest BCUT2D eigenvalue weighted by Gasteiger charge is -2.31. The third-order valence-corrected chi connectivity index (χ3v) is 10.2. The first-order chi connectivity index (χ1) is 15.4. The molecule has 0 aromatic heterocycles. The Bertz CT molecular complexity index is 910. The van der Waals surface area contributed by atoms with Crippen molar-refractivity contribution in [3.8, 4) is 0 Å². The molecule has 0 aliphatic carbocycles. The molecular formula is C23H34O7S3. The maximum absolute atomic E-state index is 13.3. The second-order valence-electron chi connectivity index (χ2n) is 9.59. The van der Waals surface area contributed by atoms with Gasteiger partial charge in [-0.3, -0.25) is 4.18 Å². The van der Waals surface area contributed by atoms with E-state index in [-0.39, 0.29) is 15.6 Å². The standard InChI is InChI=1S/C23H34O7S3/c1-15-7-9-16(10-8-15)33(24,25)30-17(13-19-31-11-6-12-32-19)20-21(29-23(4,5)28-20)18-14-26-22(2,3)27-18/h7-10,17-21H,6,11-14H2,1-5H3/t17-,18-,20-,21-/m1/s1. The zero-order valence-corrected chi connectivity index (χ0v) is 22.3. The van der Waals surface area contributed by atoms with E-state index in [0.29, 0.717) is 13.0 Å². The average molecular weight is 519 g/mol. The second-order valence-corrected chi connectivity index (χ2v) is 14.1. The number of aryl methyl sites for hydroxylation is 1. The maximum Gasteiger partial charge on any atom is 0.297 e. The summed E-state index contributed by atoms with van der Waals surface area (Å²) in [7, 11) is -4.00. The summed E-state index contributed by atoms with van der Waals surface area (Å²) in [6.45, 7) is 9.63. The van der Waals surface area contributed by atoms with Crippen molar-refractivity contribution in [3.63, 3.8) is 0 Å². The van der Waals surface area contributed by atoms with E-state index in [1.807, 2.05) is 58.1 Å². The molecule has 0 spiro atoms. The van der Waals surface area contributed by atoms with Crippen molar-refractivity contribution < 1.29 is 31.5 Å². The molecule has 4 rings (SSSR count). The fourth-order valence-electron chi connectivity index (χ4n) is 4.28. The van der Waals surface area contributed by atoms with Crippen molar-refractivity contribution in [2.24, 2.45) is 0 Å². The highest BCUT2D eigenvalue weighted by Crippen LogP contribution is 2.42. The molecule has 186 valence electrons. The van der Waals surface area contributed by atoms with Crippen molar-refractivity contribution in [2.45, 2.75) is 92.9 Å². The van der Waals surface area contributed by atoms with Gasteiger partial charge in [0.25, 0.3) is 10.1 Å². The summed E-state index contributed by atoms with van der Waals surface area (Å²) in [6, 6.07) is 6.70. The second kappa shape index (κ2) is 9.97. The number of rotatable bonds is 7. The number of benzene rings is 1. The molecule has 0 N–H and O–H groups in total. The van der Waals surface area contributed by atoms with Crippen LogP contribution in [0, 0.1) is 6.92 Å². The number of hydrogen-bond donors (Lipinski definition) is 0. The molecule has 3 heterocycles. The lowest BCUT2D eigenvalue weighted by Crippen LogP contribution is -2.46. The molecule has 3 fully saturated rings. The van der Waals surface area contributed by atoms with Crippen LogP contribution in [0.2, 0.25) is 0 Å². The minimum absolute atomic E-state index is 0.137. The van der Waals surface area contributed by atoms with E-state index in [2.05, 4.69) is 0 Å². The van der Waals surface area contributed by atoms with E-state index in [4.69, 9.17) is 23.1 Å². The van der Waals surface area contributed by atoms with Gasteiger partial charge in [0.2, 0.25) is 0 Å². The predicted molar refractivity (Wildman–Crippen MR) is 130 cm³/mol. The Labute approximate surface area is 205 Å². The van der Waals surface area contributed by atoms with Crippen LogP contribution in [0.3, 0.4) is 0 Å². The Morgan fingerprint density at radius 2 is 1.70 bits per heavy atom. The molecule has 0 unspecified atom stereocenters. The van der Waals surface area contributed by atoms with Gasteiger partial charge in [-0.15, -0.1) is 23.5 Å². The van der Waals surface area contributed by atoms with Crippen LogP contribution in [-0.2, 0) is 33.2 Å². The quantitative estimate of drug-likeness (QED) is 0.490. The Morgan fingerprint density at radius 3 is 2.30 bits per heavy atom. The summed E-state index contributed by atoms with van der Waals surface area (Å²) >= 11 is 3.69. The normalized spacial score (nSPS) is 31.0. The number of ether oxygens (including phenoxy) is 4. The molecule has 0 radical (unpaired) electrons. The van der Waals surface area contributed by atoms with Crippen LogP contribution in [0.4, 0.5) is 0 Å². The largest absolute Gasteiger partial charge is 0.348 e. The monoisotopic (exact) mass is 518 g/mol. The Kier molecular flexibility index (Phi) is 7.78. The number of thioether (sulfide) groups is 2. The summed E-state index contributed by atoms with van der Waals surface area (Å²) in [5, 5.41) is 0. The fraction of sp³-hybridized carbons (Fsp3) is 0.739. The SMILES string of the molecule is Cc1ccc(S(=O)(=O)O[C@H](CC2SCCCS2)[C@H]2OC(C)(C)O[C@@H]2[C@H]2COC(C)(C)O2)cc1. The van der Waals surface area contributed by atoms with Gasteiger partial charge in [0.05, 0.1) is 16.1 Å². The van der Waals surface area contributed by atoms with E-state index in [1.165, 1.54) is 0 Å². The highest BCUT2D eigenvalue weighted by atomic mass is 32.2. The fourth-order valence-corrected chi connectivity index (χ4v) is 8.32. The molecule has 4 atom stereocenters. The lowest BCUT2D eigenvalue weighted by molar-refractivity contribution is -0.175. The summed E-state index contributed by atoms with van der Waals surface area (Å²) in [4.78, 5) is 0.137. The van der Waals surface area contributed by atoms with Crippen LogP contribution < -0.4 is 0 Å². The van der Waals surface area contributed by atoms with Gasteiger partial charge in [-0.2, -0.15) is 8.42 Å². The van der Waals surface area contributed by atoms with E-state index >= 15 is 0 Å². The van der Waals surface area contributed by atoms with Crippen LogP contribution >= 0.6 is 23.5 Å². The van der Waals surface area contributed by atoms with Crippen molar-refractivity contribution >= 4 is 33.6 Å². The van der Waals surface area contributed by atoms with Gasteiger partial charge in [0.15, 0.2) is 11.6 Å². The lowest BCUT2D eigenvalue weighted by atomic mass is 10.0. The maximum atomic E-state index is 13.3. The molecule has 3 saturated heterocycles. The molecule has 3 aliphatic rings. The first kappa shape index (κ1) is 25.8. The predicted octanol–water partition coefficient (Wildman–Crippen LogP) is 4.33. The Balaban J connectivity index is 1.61. The smallest absolute Gasteiger partial charge is 0.297 e. The first-order valence-corrected chi connectivity index (χ1v) is 14.9. The third-order valence-electron chi connectivity index (χ3n) is 5.81. The first-order valence-electron chi connectivity index (χ1n) is 11.3. The summed E-state index contributed by atoms with van der Waals surface area (Å²) in [5.74, 6) is 0.484. The highest BCUT2D eigenvalue weighted by molar-refractivity contribution is 8.17. The molecule has 1 aromatic rings. The summed E-state index contributed by atoms with van der Waals surface area (Å²) in [6.07, 6.45) is -0.563. The van der Waals surface area contributed by atoms with Crippen LogP contribution in [0.5, 0.6) is 0 Å². The third kappa shape index (κ3) is 6.46. The van der Waals surface area contributed by atoms with Gasteiger partial charge in [-0.05, 0) is 71.1 Å². The molecule has 0 saturated carbocycles. The summed E-state index contributed by atoms with van der Waals surface area (Å²) in [5.41, 5.74) is 0.982. The molecule has 1 aromatic carbocycles. The van der Waals surface area contributed by atoms with E-state index < -0.39 is 40.0 Å². The van der Waals surface area contributed by atoms with Crippen molar-refractivity contribution in [1.82, 2.24) is 0 Å². The van der Waals surface area contributed by atoms with Gasteiger partial charge in [0.1, 0.15) is 24.4 Å². The molecule has 10 heteroatoms. The molecular weight excluding hydrogens is 484 g/mol. The minimum atomic E-state index is -4.00. The van der Waals surface area contributed by atoms with Gasteiger partial charge >= 0.3 is 0 Å². The van der Waals surface area contributed by atoms with Crippen LogP contribution in [0.15, 0.2) is 29.2 Å². The van der Waals surface area contributed by atoms with Gasteiger partial charge in [-0.25, -0.2) is 0 Å². The van der Waals surface area contributed by atoms with Gasteiger partial charge < -0.3 is 18.9 Å². The average Bonchev–Trinajstić information content (AvgIpc) is 3.26. The van der Waals surface area contributed by atoms with E-state index in [0.717, 1.165) is 23.5 Å². The van der Waals surface area contributed by atoms with Crippen LogP contribution in [-0.4, -0.2) is 67.1 Å². The molecule has 33 heavy (non-hydrogen) atoms. The highest BCUT2D eigenvalue weighted by Gasteiger charge is 2.53. The molecule has 0 bridgehead atoms. The molecule has 7 nitrogen and oxygen atoms in total. The van der Waals surface area contributed by atoms with Crippen LogP contribution in [0.25, 0.3) is 0 Å². The van der Waals surface area contributed by atoms with Crippen LogP contribution in [0.1, 0.15) is 46.1 Å². The van der Waals surface area contributed by atoms with E-state index in [9.17, 15) is 8.42 Å². The summed E-state index contributed by atoms with van der Waals surface area (Å²) < 4.78 is 57.0. The Hall–Kier alpha value is -0.330. The van der Waals surface area contributed by atoms with Crippen molar-refractivity contribution in [1.29, 1.82) is 0 Å². The minimum Gasteiger partial charge on any atom is -0.348 e. The number of hydrogen-bond acceptors (Lipinski definition) is 9. The van der Waals surface area contributed by atoms with Crippen molar-refractivity contribution in [2.75, 3.05) is 18.1 Å². The van der Waals surface area contributed by atoms with E-state index in [1.54, 1.807) is 24.3 Å². The Morgan fingerprint density at radius 1 is 1.03 bits per heavy atom. The van der Waals surface area contributed by atoms with Gasteiger partial charge in [0, 0.05) is 0 Å².